The summed E-state index contributed by atoms with van der Waals surface area (Å²) in [4.78, 5) is 28.7. The maximum absolute atomic E-state index is 13.5. The lowest BCUT2D eigenvalue weighted by atomic mass is 9.82. The van der Waals surface area contributed by atoms with E-state index in [1.54, 1.807) is 23.1 Å². The van der Waals surface area contributed by atoms with Crippen molar-refractivity contribution >= 4 is 17.6 Å². The molecule has 7 nitrogen and oxygen atoms in total. The van der Waals surface area contributed by atoms with Gasteiger partial charge in [-0.3, -0.25) is 14.5 Å². The van der Waals surface area contributed by atoms with Crippen LogP contribution in [-0.4, -0.2) is 59.8 Å². The fourth-order valence-corrected chi connectivity index (χ4v) is 4.24. The molecule has 2 aromatic rings. The second kappa shape index (κ2) is 7.55. The van der Waals surface area contributed by atoms with Crippen molar-refractivity contribution < 1.29 is 23.1 Å². The number of benzene rings is 1. The molecule has 0 bridgehead atoms. The number of likely N-dealkylation sites (tertiary alicyclic amines) is 1. The highest BCUT2D eigenvalue weighted by molar-refractivity contribution is 5.95. The number of amides is 2. The summed E-state index contributed by atoms with van der Waals surface area (Å²) in [6.07, 6.45) is 3.04. The fraction of sp³-hybridized carbons (Fsp3) is 0.450. The Morgan fingerprint density at radius 3 is 2.55 bits per heavy atom. The Balaban J connectivity index is 1.52. The molecule has 2 aliphatic heterocycles. The van der Waals surface area contributed by atoms with E-state index < -0.39 is 23.1 Å². The number of halogens is 2. The van der Waals surface area contributed by atoms with Crippen LogP contribution < -0.4 is 4.90 Å². The quantitative estimate of drug-likeness (QED) is 0.784. The van der Waals surface area contributed by atoms with Gasteiger partial charge in [-0.25, -0.2) is 13.5 Å². The minimum atomic E-state index is -0.781. The number of fused-ring (bicyclic) bond motifs is 2. The monoisotopic (exact) mass is 404 g/mol. The Labute approximate surface area is 166 Å². The first-order valence-electron chi connectivity index (χ1n) is 9.53. The summed E-state index contributed by atoms with van der Waals surface area (Å²) >= 11 is 0. The Morgan fingerprint density at radius 1 is 1.21 bits per heavy atom. The number of hydrogen-bond donors (Lipinski definition) is 0. The first-order valence-corrected chi connectivity index (χ1v) is 9.53. The van der Waals surface area contributed by atoms with E-state index in [1.165, 1.54) is 0 Å². The average Bonchev–Trinajstić information content (AvgIpc) is 3.18. The standard InChI is InChI=1S/C20H22F2N4O3/c1-29-9-8-25-17-2-5-23-26(17)20(13-18(25)27)3-6-24(7-4-20)19(28)14-10-15(21)12-16(22)11-14/h2,5,10-12H,3-4,6-9,13H2,1H3. The number of hydrogen-bond acceptors (Lipinski definition) is 4. The number of rotatable bonds is 4. The summed E-state index contributed by atoms with van der Waals surface area (Å²) < 4.78 is 33.9. The van der Waals surface area contributed by atoms with Gasteiger partial charge in [-0.15, -0.1) is 0 Å². The third-order valence-corrected chi connectivity index (χ3v) is 5.74. The lowest BCUT2D eigenvalue weighted by Crippen LogP contribution is -2.55. The number of anilines is 1. The number of nitrogens with zero attached hydrogens (tertiary/aromatic N) is 4. The van der Waals surface area contributed by atoms with Crippen LogP contribution in [-0.2, 0) is 15.1 Å². The molecule has 4 rings (SSSR count). The number of ether oxygens (including phenoxy) is 1. The van der Waals surface area contributed by atoms with Crippen molar-refractivity contribution in [1.29, 1.82) is 0 Å². The zero-order chi connectivity index (χ0) is 20.6. The smallest absolute Gasteiger partial charge is 0.254 e. The molecule has 0 aliphatic carbocycles. The average molecular weight is 404 g/mol. The van der Waals surface area contributed by atoms with Gasteiger partial charge in [0, 0.05) is 37.9 Å². The molecule has 9 heteroatoms. The van der Waals surface area contributed by atoms with Gasteiger partial charge in [0.05, 0.1) is 31.3 Å². The summed E-state index contributed by atoms with van der Waals surface area (Å²) in [6, 6.07) is 4.63. The topological polar surface area (TPSA) is 67.7 Å². The van der Waals surface area contributed by atoms with Gasteiger partial charge in [0.15, 0.2) is 0 Å². The summed E-state index contributed by atoms with van der Waals surface area (Å²) in [5.74, 6) is -1.25. The van der Waals surface area contributed by atoms with Crippen LogP contribution in [0.4, 0.5) is 14.6 Å². The number of piperidine rings is 1. The zero-order valence-electron chi connectivity index (χ0n) is 16.1. The van der Waals surface area contributed by atoms with E-state index in [4.69, 9.17) is 4.74 Å². The molecular weight excluding hydrogens is 382 g/mol. The second-order valence-electron chi connectivity index (χ2n) is 7.49. The van der Waals surface area contributed by atoms with Gasteiger partial charge in [-0.1, -0.05) is 0 Å². The Hall–Kier alpha value is -2.81. The van der Waals surface area contributed by atoms with Gasteiger partial charge in [-0.2, -0.15) is 5.10 Å². The normalized spacial score (nSPS) is 18.2. The maximum Gasteiger partial charge on any atom is 0.254 e. The first kappa shape index (κ1) is 19.5. The van der Waals surface area contributed by atoms with E-state index in [-0.39, 0.29) is 11.5 Å². The van der Waals surface area contributed by atoms with E-state index in [9.17, 15) is 18.4 Å². The highest BCUT2D eigenvalue weighted by Crippen LogP contribution is 2.41. The van der Waals surface area contributed by atoms with E-state index in [1.807, 2.05) is 10.7 Å². The van der Waals surface area contributed by atoms with Gasteiger partial charge in [0.1, 0.15) is 17.5 Å². The van der Waals surface area contributed by atoms with Crippen LogP contribution in [0.5, 0.6) is 0 Å². The zero-order valence-corrected chi connectivity index (χ0v) is 16.1. The van der Waals surface area contributed by atoms with Crippen molar-refractivity contribution in [2.24, 2.45) is 0 Å². The van der Waals surface area contributed by atoms with Crippen LogP contribution in [0.3, 0.4) is 0 Å². The van der Waals surface area contributed by atoms with E-state index >= 15 is 0 Å². The summed E-state index contributed by atoms with van der Waals surface area (Å²) in [6.45, 7) is 1.63. The van der Waals surface area contributed by atoms with Gasteiger partial charge in [0.25, 0.3) is 5.91 Å². The van der Waals surface area contributed by atoms with Crippen LogP contribution >= 0.6 is 0 Å². The van der Waals surface area contributed by atoms with Crippen molar-refractivity contribution in [2.75, 3.05) is 38.3 Å². The van der Waals surface area contributed by atoms with Crippen molar-refractivity contribution in [3.63, 3.8) is 0 Å². The molecular formula is C20H22F2N4O3. The molecule has 1 spiro atoms. The molecule has 1 aromatic carbocycles. The van der Waals surface area contributed by atoms with Crippen molar-refractivity contribution in [1.82, 2.24) is 14.7 Å². The second-order valence-corrected chi connectivity index (χ2v) is 7.49. The highest BCUT2D eigenvalue weighted by atomic mass is 19.1. The number of aromatic nitrogens is 2. The minimum absolute atomic E-state index is 0.00188. The van der Waals surface area contributed by atoms with Crippen LogP contribution in [0.1, 0.15) is 29.6 Å². The summed E-state index contributed by atoms with van der Waals surface area (Å²) in [5, 5.41) is 4.46. The highest BCUT2D eigenvalue weighted by Gasteiger charge is 2.46. The lowest BCUT2D eigenvalue weighted by Gasteiger charge is -2.46. The number of carbonyl (C=O) groups is 2. The molecule has 154 valence electrons. The molecule has 1 fully saturated rings. The minimum Gasteiger partial charge on any atom is -0.383 e. The fourth-order valence-electron chi connectivity index (χ4n) is 4.24. The van der Waals surface area contributed by atoms with E-state index in [2.05, 4.69) is 5.10 Å². The predicted octanol–water partition coefficient (Wildman–Crippen LogP) is 2.18. The number of carbonyl (C=O) groups excluding carboxylic acids is 2. The predicted molar refractivity (Wildman–Crippen MR) is 101 cm³/mol. The molecule has 0 atom stereocenters. The number of methoxy groups -OCH3 is 1. The molecule has 3 heterocycles. The third-order valence-electron chi connectivity index (χ3n) is 5.74. The van der Waals surface area contributed by atoms with Crippen molar-refractivity contribution in [3.8, 4) is 0 Å². The molecule has 2 aliphatic rings. The van der Waals surface area contributed by atoms with E-state index in [0.29, 0.717) is 45.5 Å². The molecule has 29 heavy (non-hydrogen) atoms. The van der Waals surface area contributed by atoms with Crippen molar-refractivity contribution in [3.05, 3.63) is 47.7 Å². The Morgan fingerprint density at radius 2 is 1.90 bits per heavy atom. The molecule has 0 unspecified atom stereocenters. The molecule has 0 radical (unpaired) electrons. The van der Waals surface area contributed by atoms with Crippen LogP contribution in [0.2, 0.25) is 0 Å². The lowest BCUT2D eigenvalue weighted by molar-refractivity contribution is -0.123. The van der Waals surface area contributed by atoms with Crippen molar-refractivity contribution in [2.45, 2.75) is 24.8 Å². The first-order chi connectivity index (χ1) is 13.9. The molecule has 2 amide bonds. The molecule has 0 saturated carbocycles. The van der Waals surface area contributed by atoms with Gasteiger partial charge < -0.3 is 9.64 Å². The molecule has 1 aromatic heterocycles. The van der Waals surface area contributed by atoms with Gasteiger partial charge in [-0.05, 0) is 25.0 Å². The summed E-state index contributed by atoms with van der Waals surface area (Å²) in [7, 11) is 1.59. The van der Waals surface area contributed by atoms with Gasteiger partial charge >= 0.3 is 0 Å². The maximum atomic E-state index is 13.5. The molecule has 1 saturated heterocycles. The van der Waals surface area contributed by atoms with Crippen LogP contribution in [0.25, 0.3) is 0 Å². The van der Waals surface area contributed by atoms with Gasteiger partial charge in [0.2, 0.25) is 5.91 Å². The Bertz CT molecular complexity index is 917. The SMILES string of the molecule is COCCN1C(=O)CC2(CCN(C(=O)c3cc(F)cc(F)c3)CC2)n2nccc21. The largest absolute Gasteiger partial charge is 0.383 e. The van der Waals surface area contributed by atoms with Crippen LogP contribution in [0, 0.1) is 11.6 Å². The van der Waals surface area contributed by atoms with Crippen LogP contribution in [0.15, 0.2) is 30.5 Å². The molecule has 0 N–H and O–H groups in total. The van der Waals surface area contributed by atoms with E-state index in [0.717, 1.165) is 24.0 Å². The Kier molecular flexibility index (Phi) is 5.08. The third kappa shape index (κ3) is 3.50. The summed E-state index contributed by atoms with van der Waals surface area (Å²) in [5.41, 5.74) is -0.507.